The first kappa shape index (κ1) is 36.9. The number of alkyl carbamates (subject to hydrolysis) is 1. The van der Waals surface area contributed by atoms with Crippen molar-refractivity contribution < 1.29 is 41.9 Å². The zero-order valence-corrected chi connectivity index (χ0v) is 31.0. The van der Waals surface area contributed by atoms with Gasteiger partial charge in [-0.25, -0.2) is 18.0 Å². The van der Waals surface area contributed by atoms with E-state index in [-0.39, 0.29) is 26.0 Å². The fourth-order valence-corrected chi connectivity index (χ4v) is 9.79. The molecule has 3 aliphatic heterocycles. The lowest BCUT2D eigenvalue weighted by molar-refractivity contribution is -0.143. The topological polar surface area (TPSA) is 181 Å². The van der Waals surface area contributed by atoms with Crippen LogP contribution >= 0.6 is 0 Å². The normalized spacial score (nSPS) is 30.2. The highest BCUT2D eigenvalue weighted by atomic mass is 32.2. The van der Waals surface area contributed by atoms with Crippen molar-refractivity contribution in [3.63, 3.8) is 0 Å². The van der Waals surface area contributed by atoms with Crippen LogP contribution in [-0.4, -0.2) is 90.3 Å². The summed E-state index contributed by atoms with van der Waals surface area (Å²) in [6, 6.07) is 3.65. The lowest BCUT2D eigenvalue weighted by Crippen LogP contribution is -2.61. The van der Waals surface area contributed by atoms with Gasteiger partial charge >= 0.3 is 12.2 Å². The molecule has 1 aromatic rings. The molecule has 1 saturated heterocycles. The van der Waals surface area contributed by atoms with Crippen molar-refractivity contribution >= 4 is 46.0 Å². The highest BCUT2D eigenvalue weighted by Crippen LogP contribution is 2.46. The van der Waals surface area contributed by atoms with Crippen molar-refractivity contribution in [2.75, 3.05) is 13.2 Å². The van der Waals surface area contributed by atoms with Crippen LogP contribution in [0.3, 0.4) is 0 Å². The predicted molar refractivity (Wildman–Crippen MR) is 193 cm³/mol. The van der Waals surface area contributed by atoms with E-state index in [0.717, 1.165) is 36.0 Å². The second-order valence-electron chi connectivity index (χ2n) is 15.7. The predicted octanol–water partition coefficient (Wildman–Crippen LogP) is 3.65. The fourth-order valence-electron chi connectivity index (χ4n) is 8.43. The number of nitrogens with one attached hydrogen (secondary N) is 3. The molecule has 15 heteroatoms. The molecule has 4 bridgehead atoms. The standard InChI is InChI=1S/C38H49N5O9S/c1-3-26-20-38(26,34(46)41-53(49,50)28-14-15-28)40-32(44)30-19-27-22-43(30)33(45)31(37(2)16-7-5-8-17-37)39-35(47)51-18-9-4-6-11-24-12-10-13-25-21-42(23-29(24)25)36(48)52-27/h3,6,10-13,26-28,30-31H,1,4-5,7-9,14-23H2,2H3,(H,39,47)(H,40,44)(H,41,46)/t26-,27-,30+,31-,38-/m1/s1. The minimum Gasteiger partial charge on any atom is -0.450 e. The lowest BCUT2D eigenvalue weighted by Gasteiger charge is -2.42. The summed E-state index contributed by atoms with van der Waals surface area (Å²) in [5.41, 5.74) is 0.766. The van der Waals surface area contributed by atoms with Gasteiger partial charge in [-0.05, 0) is 67.1 Å². The summed E-state index contributed by atoms with van der Waals surface area (Å²) < 4.78 is 39.1. The van der Waals surface area contributed by atoms with Crippen LogP contribution in [0.1, 0.15) is 94.2 Å². The number of hydrogen-bond donors (Lipinski definition) is 3. The molecule has 14 nitrogen and oxygen atoms in total. The van der Waals surface area contributed by atoms with Gasteiger partial charge in [-0.1, -0.05) is 62.6 Å². The van der Waals surface area contributed by atoms with Crippen LogP contribution in [0.5, 0.6) is 0 Å². The minimum atomic E-state index is -3.91. The van der Waals surface area contributed by atoms with Crippen LogP contribution < -0.4 is 15.4 Å². The first-order valence-electron chi connectivity index (χ1n) is 18.8. The summed E-state index contributed by atoms with van der Waals surface area (Å²) in [6.45, 7) is 6.42. The summed E-state index contributed by atoms with van der Waals surface area (Å²) in [6.07, 6.45) is 9.53. The molecule has 1 aromatic carbocycles. The summed E-state index contributed by atoms with van der Waals surface area (Å²) in [5.74, 6) is -2.60. The number of carbonyl (C=O) groups excluding carboxylic acids is 5. The Labute approximate surface area is 310 Å². The molecule has 4 fully saturated rings. The molecule has 53 heavy (non-hydrogen) atoms. The van der Waals surface area contributed by atoms with Gasteiger partial charge in [0, 0.05) is 18.9 Å². The summed E-state index contributed by atoms with van der Waals surface area (Å²) in [5, 5.41) is 4.98. The van der Waals surface area contributed by atoms with E-state index in [1.54, 1.807) is 4.90 Å². The Kier molecular flexibility index (Phi) is 10.1. The molecule has 5 atom stereocenters. The number of sulfonamides is 1. The van der Waals surface area contributed by atoms with Crippen molar-refractivity contribution in [3.05, 3.63) is 53.6 Å². The maximum atomic E-state index is 14.8. The second kappa shape index (κ2) is 14.4. The van der Waals surface area contributed by atoms with Crippen molar-refractivity contribution in [1.82, 2.24) is 25.2 Å². The number of carbonyl (C=O) groups is 5. The number of benzene rings is 1. The largest absolute Gasteiger partial charge is 0.450 e. The molecule has 3 aliphatic carbocycles. The number of allylic oxidation sites excluding steroid dienone is 1. The zero-order chi connectivity index (χ0) is 37.5. The quantitative estimate of drug-likeness (QED) is 0.351. The van der Waals surface area contributed by atoms with E-state index >= 15 is 0 Å². The number of fused-ring (bicyclic) bond motifs is 3. The zero-order valence-electron chi connectivity index (χ0n) is 30.1. The van der Waals surface area contributed by atoms with E-state index in [1.807, 2.05) is 37.3 Å². The monoisotopic (exact) mass is 751 g/mol. The van der Waals surface area contributed by atoms with E-state index in [9.17, 15) is 32.4 Å². The van der Waals surface area contributed by atoms with Gasteiger partial charge in [0.1, 0.15) is 23.7 Å². The lowest BCUT2D eigenvalue weighted by atomic mass is 9.70. The van der Waals surface area contributed by atoms with Crippen molar-refractivity contribution in [2.24, 2.45) is 11.3 Å². The molecule has 0 aromatic heterocycles. The molecule has 0 unspecified atom stereocenters. The van der Waals surface area contributed by atoms with Gasteiger partial charge in [0.05, 0.1) is 24.9 Å². The van der Waals surface area contributed by atoms with Crippen LogP contribution in [0, 0.1) is 11.3 Å². The molecule has 0 radical (unpaired) electrons. The van der Waals surface area contributed by atoms with E-state index in [4.69, 9.17) is 9.47 Å². The maximum absolute atomic E-state index is 14.8. The first-order valence-corrected chi connectivity index (χ1v) is 20.4. The Morgan fingerprint density at radius 3 is 2.57 bits per heavy atom. The highest BCUT2D eigenvalue weighted by molar-refractivity contribution is 7.91. The summed E-state index contributed by atoms with van der Waals surface area (Å²) in [7, 11) is -3.91. The number of ether oxygens (including phenoxy) is 2. The second-order valence-corrected chi connectivity index (χ2v) is 17.7. The van der Waals surface area contributed by atoms with E-state index in [0.29, 0.717) is 51.6 Å². The Morgan fingerprint density at radius 1 is 1.08 bits per heavy atom. The van der Waals surface area contributed by atoms with Crippen molar-refractivity contribution in [3.8, 4) is 0 Å². The molecular weight excluding hydrogens is 703 g/mol. The Balaban J connectivity index is 1.18. The summed E-state index contributed by atoms with van der Waals surface area (Å²) >= 11 is 0. The molecule has 0 spiro atoms. The fraction of sp³-hybridized carbons (Fsp3) is 0.605. The molecule has 5 amide bonds. The molecule has 3 heterocycles. The number of rotatable bonds is 7. The maximum Gasteiger partial charge on any atom is 0.410 e. The van der Waals surface area contributed by atoms with Gasteiger partial charge in [0.25, 0.3) is 5.91 Å². The summed E-state index contributed by atoms with van der Waals surface area (Å²) in [4.78, 5) is 72.4. The molecule has 6 aliphatic rings. The number of cyclic esters (lactones) is 1. The molecule has 286 valence electrons. The van der Waals surface area contributed by atoms with E-state index < -0.39 is 80.2 Å². The Morgan fingerprint density at radius 2 is 1.85 bits per heavy atom. The van der Waals surface area contributed by atoms with Crippen LogP contribution in [0.25, 0.3) is 6.08 Å². The average Bonchev–Trinajstić information content (AvgIpc) is 4.02. The van der Waals surface area contributed by atoms with Crippen LogP contribution in [0.4, 0.5) is 9.59 Å². The van der Waals surface area contributed by atoms with Gasteiger partial charge in [0.2, 0.25) is 21.8 Å². The average molecular weight is 752 g/mol. The van der Waals surface area contributed by atoms with E-state index in [1.165, 1.54) is 11.0 Å². The van der Waals surface area contributed by atoms with Crippen molar-refractivity contribution in [1.29, 1.82) is 0 Å². The van der Waals surface area contributed by atoms with Gasteiger partial charge in [-0.2, -0.15) is 0 Å². The van der Waals surface area contributed by atoms with Crippen LogP contribution in [0.15, 0.2) is 36.9 Å². The smallest absolute Gasteiger partial charge is 0.410 e. The number of hydrogen-bond acceptors (Lipinski definition) is 9. The molecule has 7 rings (SSSR count). The Hall–Kier alpha value is -4.40. The first-order chi connectivity index (χ1) is 25.3. The molecule has 3 N–H and O–H groups in total. The van der Waals surface area contributed by atoms with Crippen LogP contribution in [0.2, 0.25) is 0 Å². The minimum absolute atomic E-state index is 0.0667. The van der Waals surface area contributed by atoms with Gasteiger partial charge < -0.3 is 25.0 Å². The Bertz CT molecular complexity index is 1820. The third-order valence-electron chi connectivity index (χ3n) is 11.9. The number of nitrogens with zero attached hydrogens (tertiary/aromatic N) is 2. The molecular formula is C38H49N5O9S. The third-order valence-corrected chi connectivity index (χ3v) is 13.7. The number of amides is 5. The van der Waals surface area contributed by atoms with Gasteiger partial charge in [0.15, 0.2) is 0 Å². The third kappa shape index (κ3) is 7.54. The van der Waals surface area contributed by atoms with Gasteiger partial charge in [-0.15, -0.1) is 6.58 Å². The molecule has 3 saturated carbocycles. The van der Waals surface area contributed by atoms with E-state index in [2.05, 4.69) is 21.9 Å². The van der Waals surface area contributed by atoms with Gasteiger partial charge in [-0.3, -0.25) is 24.0 Å². The van der Waals surface area contributed by atoms with Crippen molar-refractivity contribution in [2.45, 2.75) is 120 Å². The van der Waals surface area contributed by atoms with Crippen LogP contribution in [-0.2, 0) is 47.0 Å². The SMILES string of the molecule is C=C[C@@H]1C[C@]1(NC(=O)[C@@H]1C[C@@H]2CN1C(=O)[C@H](C1(C)CCCCC1)NC(=O)OCCCC=Cc1cccc3c1CN(C3)C(=O)O2)C(=O)NS(=O)(=O)C1CC1. The highest BCUT2D eigenvalue weighted by Gasteiger charge is 2.62.